The van der Waals surface area contributed by atoms with Crippen LogP contribution in [-0.2, 0) is 23.8 Å². The lowest BCUT2D eigenvalue weighted by atomic mass is 9.77. The minimum absolute atomic E-state index is 0.102. The maximum Gasteiger partial charge on any atom is 0.259 e. The van der Waals surface area contributed by atoms with Crippen LogP contribution in [0.5, 0.6) is 0 Å². The number of aliphatic hydroxyl groups is 3. The quantitative estimate of drug-likeness (QED) is 0.159. The number of ketones is 1. The van der Waals surface area contributed by atoms with Gasteiger partial charge in [-0.15, -0.1) is 0 Å². The number of nitrogens with one attached hydrogen (secondary N) is 1. The van der Waals surface area contributed by atoms with Crippen LogP contribution in [0.15, 0.2) is 35.1 Å². The van der Waals surface area contributed by atoms with E-state index in [9.17, 15) is 24.9 Å². The molecule has 0 radical (unpaired) electrons. The van der Waals surface area contributed by atoms with Gasteiger partial charge in [0.25, 0.3) is 5.91 Å². The second-order valence-electron chi connectivity index (χ2n) is 9.02. The number of hydrogen-bond acceptors (Lipinski definition) is 8. The van der Waals surface area contributed by atoms with Crippen molar-refractivity contribution in [3.63, 3.8) is 0 Å². The molecule has 4 aliphatic heterocycles. The Kier molecular flexibility index (Phi) is 5.38. The molecule has 0 unspecified atom stereocenters. The normalized spacial score (nSPS) is 44.8. The zero-order valence-electron chi connectivity index (χ0n) is 18.0. The van der Waals surface area contributed by atoms with Gasteiger partial charge in [0.15, 0.2) is 17.2 Å². The summed E-state index contributed by atoms with van der Waals surface area (Å²) in [5, 5.41) is 33.0. The number of carbonyl (C=O) groups excluding carboxylic acids is 2. The highest BCUT2D eigenvalue weighted by Gasteiger charge is 2.78. The van der Waals surface area contributed by atoms with Crippen LogP contribution in [0.1, 0.15) is 27.7 Å². The van der Waals surface area contributed by atoms with E-state index in [1.807, 2.05) is 26.8 Å². The predicted octanol–water partition coefficient (Wildman–Crippen LogP) is 0.277. The Bertz CT molecular complexity index is 876. The minimum atomic E-state index is -1.17. The van der Waals surface area contributed by atoms with Crippen molar-refractivity contribution in [3.8, 4) is 0 Å². The molecule has 0 aromatic carbocycles. The SMILES string of the molecule is CC(/C=C/C(O)=C1/C(=O)CNC1=O)=C\[C@@H](C)[C@H]1O[C@@]2(C)O[C@@H]([C@@H]1C)[C@@H](O)[C@@H]1O[C@@]12CO. The molecule has 31 heavy (non-hydrogen) atoms. The lowest BCUT2D eigenvalue weighted by Crippen LogP contribution is -2.68. The molecule has 2 bridgehead atoms. The molecular formula is C22H29NO8. The Morgan fingerprint density at radius 3 is 2.61 bits per heavy atom. The van der Waals surface area contributed by atoms with Crippen LogP contribution in [0.3, 0.4) is 0 Å². The van der Waals surface area contributed by atoms with Crippen molar-refractivity contribution in [2.24, 2.45) is 11.8 Å². The first-order valence-electron chi connectivity index (χ1n) is 10.5. The molecule has 0 saturated carbocycles. The number of fused-ring (bicyclic) bond motifs is 4. The lowest BCUT2D eigenvalue weighted by Gasteiger charge is -2.53. The summed E-state index contributed by atoms with van der Waals surface area (Å²) in [4.78, 5) is 23.3. The molecule has 9 nitrogen and oxygen atoms in total. The summed E-state index contributed by atoms with van der Waals surface area (Å²) in [5.74, 6) is -2.80. The van der Waals surface area contributed by atoms with Crippen LogP contribution < -0.4 is 5.32 Å². The lowest BCUT2D eigenvalue weighted by molar-refractivity contribution is -0.377. The third-order valence-corrected chi connectivity index (χ3v) is 6.87. The first kappa shape index (κ1) is 22.2. The summed E-state index contributed by atoms with van der Waals surface area (Å²) < 4.78 is 18.0. The van der Waals surface area contributed by atoms with Gasteiger partial charge in [0, 0.05) is 11.8 Å². The first-order chi connectivity index (χ1) is 14.5. The molecule has 9 heteroatoms. The van der Waals surface area contributed by atoms with E-state index in [4.69, 9.17) is 14.2 Å². The molecule has 4 saturated heterocycles. The van der Waals surface area contributed by atoms with Gasteiger partial charge in [0.05, 0.1) is 25.4 Å². The number of carbonyl (C=O) groups is 2. The Balaban J connectivity index is 1.52. The molecular weight excluding hydrogens is 406 g/mol. The van der Waals surface area contributed by atoms with E-state index in [0.29, 0.717) is 0 Å². The molecule has 4 heterocycles. The molecule has 0 spiro atoms. The van der Waals surface area contributed by atoms with Crippen molar-refractivity contribution < 1.29 is 39.1 Å². The molecule has 4 N–H and O–H groups in total. The van der Waals surface area contributed by atoms with E-state index in [-0.39, 0.29) is 42.4 Å². The second kappa shape index (κ2) is 7.53. The Labute approximate surface area is 180 Å². The van der Waals surface area contributed by atoms with Crippen LogP contribution in [0.2, 0.25) is 0 Å². The fraction of sp³-hybridized carbons (Fsp3) is 0.636. The average molecular weight is 435 g/mol. The summed E-state index contributed by atoms with van der Waals surface area (Å²) in [7, 11) is 0. The van der Waals surface area contributed by atoms with Crippen LogP contribution in [0.4, 0.5) is 0 Å². The molecule has 0 aromatic rings. The highest BCUT2D eigenvalue weighted by Crippen LogP contribution is 2.58. The standard InChI is InChI=1S/C22H29NO8/c1-10(5-6-13(25)15-14(26)8-23-20(15)28)7-11(2)17-12(3)18-16(27)19-22(9-24,31-19)21(4,29-17)30-18/h5-7,11-12,16-19,24-25,27H,8-9H2,1-4H3,(H,23,28)/b6-5+,10-7+,15-13+/t11-,12-,16-,17-,18+,19+,21+,22+/m1/s1. The van der Waals surface area contributed by atoms with Crippen molar-refractivity contribution in [1.29, 1.82) is 0 Å². The summed E-state index contributed by atoms with van der Waals surface area (Å²) in [6.07, 6.45) is 2.74. The number of ether oxygens (including phenoxy) is 3. The Hall–Kier alpha value is -2.04. The molecule has 8 atom stereocenters. The Morgan fingerprint density at radius 1 is 1.29 bits per heavy atom. The Morgan fingerprint density at radius 2 is 2.00 bits per heavy atom. The van der Waals surface area contributed by atoms with Gasteiger partial charge >= 0.3 is 0 Å². The molecule has 4 aliphatic rings. The van der Waals surface area contributed by atoms with Crippen molar-refractivity contribution in [1.82, 2.24) is 5.32 Å². The van der Waals surface area contributed by atoms with Crippen LogP contribution in [0.25, 0.3) is 0 Å². The van der Waals surface area contributed by atoms with Gasteiger partial charge in [-0.05, 0) is 19.9 Å². The van der Waals surface area contributed by atoms with Gasteiger partial charge in [-0.2, -0.15) is 0 Å². The molecule has 170 valence electrons. The number of epoxide rings is 1. The number of allylic oxidation sites excluding steroid dienone is 3. The predicted molar refractivity (Wildman–Crippen MR) is 108 cm³/mol. The molecule has 0 aromatic heterocycles. The van der Waals surface area contributed by atoms with E-state index in [1.165, 1.54) is 6.08 Å². The van der Waals surface area contributed by atoms with Crippen LogP contribution >= 0.6 is 0 Å². The fourth-order valence-corrected chi connectivity index (χ4v) is 5.04. The average Bonchev–Trinajstić information content (AvgIpc) is 3.40. The van der Waals surface area contributed by atoms with Gasteiger partial charge in [0.1, 0.15) is 23.5 Å². The third kappa shape index (κ3) is 3.35. The van der Waals surface area contributed by atoms with E-state index in [2.05, 4.69) is 5.32 Å². The maximum absolute atomic E-state index is 11.7. The van der Waals surface area contributed by atoms with Crippen molar-refractivity contribution >= 4 is 11.7 Å². The summed E-state index contributed by atoms with van der Waals surface area (Å²) in [6.45, 7) is 7.06. The molecule has 1 amide bonds. The van der Waals surface area contributed by atoms with E-state index >= 15 is 0 Å². The number of aliphatic hydroxyl groups excluding tert-OH is 3. The topological polar surface area (TPSA) is 138 Å². The number of hydrogen-bond donors (Lipinski definition) is 4. The third-order valence-electron chi connectivity index (χ3n) is 6.87. The smallest absolute Gasteiger partial charge is 0.259 e. The largest absolute Gasteiger partial charge is 0.507 e. The number of Topliss-reactive ketones (excluding diaryl/α,β-unsaturated/α-hetero) is 1. The van der Waals surface area contributed by atoms with Crippen molar-refractivity contribution in [3.05, 3.63) is 35.1 Å². The zero-order chi connectivity index (χ0) is 22.7. The first-order valence-corrected chi connectivity index (χ1v) is 10.5. The van der Waals surface area contributed by atoms with E-state index in [1.54, 1.807) is 13.0 Å². The van der Waals surface area contributed by atoms with Gasteiger partial charge in [-0.1, -0.05) is 31.6 Å². The van der Waals surface area contributed by atoms with Crippen molar-refractivity contribution in [2.75, 3.05) is 13.2 Å². The highest BCUT2D eigenvalue weighted by atomic mass is 16.8. The fourth-order valence-electron chi connectivity index (χ4n) is 5.04. The van der Waals surface area contributed by atoms with E-state index < -0.39 is 41.4 Å². The zero-order valence-corrected chi connectivity index (χ0v) is 18.0. The van der Waals surface area contributed by atoms with Gasteiger partial charge < -0.3 is 34.8 Å². The van der Waals surface area contributed by atoms with Crippen LogP contribution in [0, 0.1) is 11.8 Å². The monoisotopic (exact) mass is 435 g/mol. The number of rotatable bonds is 5. The number of amides is 1. The molecule has 0 aliphatic carbocycles. The highest BCUT2D eigenvalue weighted by molar-refractivity contribution is 6.25. The molecule has 4 fully saturated rings. The van der Waals surface area contributed by atoms with Gasteiger partial charge in [-0.3, -0.25) is 9.59 Å². The second-order valence-corrected chi connectivity index (χ2v) is 9.02. The van der Waals surface area contributed by atoms with Gasteiger partial charge in [-0.25, -0.2) is 0 Å². The minimum Gasteiger partial charge on any atom is -0.507 e. The summed E-state index contributed by atoms with van der Waals surface area (Å²) in [5.41, 5.74) is -0.505. The van der Waals surface area contributed by atoms with Crippen molar-refractivity contribution in [2.45, 2.75) is 63.5 Å². The van der Waals surface area contributed by atoms with Crippen LogP contribution in [-0.4, -0.2) is 76.0 Å². The molecule has 4 rings (SSSR count). The van der Waals surface area contributed by atoms with Gasteiger partial charge in [0.2, 0.25) is 0 Å². The maximum atomic E-state index is 11.7. The van der Waals surface area contributed by atoms with E-state index in [0.717, 1.165) is 5.57 Å². The summed E-state index contributed by atoms with van der Waals surface area (Å²) in [6, 6.07) is 0. The summed E-state index contributed by atoms with van der Waals surface area (Å²) >= 11 is 0.